The first-order valence-corrected chi connectivity index (χ1v) is 6.76. The zero-order chi connectivity index (χ0) is 14.7. The van der Waals surface area contributed by atoms with Gasteiger partial charge < -0.3 is 14.7 Å². The molecule has 1 amide bonds. The average Bonchev–Trinajstić information content (AvgIpc) is 2.47. The van der Waals surface area contributed by atoms with Gasteiger partial charge in [0, 0.05) is 18.7 Å². The number of carboxylic acid groups (broad SMARTS) is 1. The highest BCUT2D eigenvalue weighted by atomic mass is 35.5. The van der Waals surface area contributed by atoms with Gasteiger partial charge >= 0.3 is 5.97 Å². The minimum absolute atomic E-state index is 0.189. The van der Waals surface area contributed by atoms with Crippen LogP contribution in [0.4, 0.5) is 0 Å². The van der Waals surface area contributed by atoms with Crippen LogP contribution in [0.3, 0.4) is 0 Å². The van der Waals surface area contributed by atoms with E-state index in [-0.39, 0.29) is 12.5 Å². The molecule has 1 aromatic carbocycles. The molecule has 2 rings (SSSR count). The summed E-state index contributed by atoms with van der Waals surface area (Å²) in [6.45, 7) is 0.826. The number of piperidine rings is 1. The molecule has 1 fully saturated rings. The highest BCUT2D eigenvalue weighted by Crippen LogP contribution is 2.26. The van der Waals surface area contributed by atoms with Crippen molar-refractivity contribution in [1.29, 1.82) is 0 Å². The van der Waals surface area contributed by atoms with Crippen molar-refractivity contribution in [3.8, 4) is 5.75 Å². The van der Waals surface area contributed by atoms with Crippen molar-refractivity contribution < 1.29 is 19.4 Å². The molecular weight excluding hydrogens is 282 g/mol. The van der Waals surface area contributed by atoms with Gasteiger partial charge in [-0.1, -0.05) is 11.6 Å². The third kappa shape index (κ3) is 3.04. The molecule has 0 spiro atoms. The summed E-state index contributed by atoms with van der Waals surface area (Å²) in [7, 11) is 1.48. The van der Waals surface area contributed by atoms with Gasteiger partial charge in [-0.15, -0.1) is 0 Å². The zero-order valence-electron chi connectivity index (χ0n) is 11.1. The van der Waals surface area contributed by atoms with E-state index in [1.54, 1.807) is 23.1 Å². The van der Waals surface area contributed by atoms with Crippen molar-refractivity contribution in [2.45, 2.75) is 12.8 Å². The minimum Gasteiger partial charge on any atom is -0.495 e. The molecule has 0 aliphatic carbocycles. The van der Waals surface area contributed by atoms with Gasteiger partial charge in [-0.25, -0.2) is 0 Å². The van der Waals surface area contributed by atoms with Crippen LogP contribution in [0.25, 0.3) is 0 Å². The fraction of sp³-hybridized carbons (Fsp3) is 0.429. The largest absolute Gasteiger partial charge is 0.495 e. The lowest BCUT2D eigenvalue weighted by molar-refractivity contribution is -0.143. The smallest absolute Gasteiger partial charge is 0.308 e. The van der Waals surface area contributed by atoms with E-state index < -0.39 is 11.9 Å². The molecule has 1 saturated heterocycles. The predicted molar refractivity (Wildman–Crippen MR) is 74.3 cm³/mol. The first-order valence-electron chi connectivity index (χ1n) is 6.38. The van der Waals surface area contributed by atoms with Gasteiger partial charge in [-0.2, -0.15) is 0 Å². The van der Waals surface area contributed by atoms with Gasteiger partial charge in [-0.3, -0.25) is 9.59 Å². The van der Waals surface area contributed by atoms with Crippen molar-refractivity contribution in [3.63, 3.8) is 0 Å². The Morgan fingerprint density at radius 3 is 2.85 bits per heavy atom. The molecule has 20 heavy (non-hydrogen) atoms. The Bertz CT molecular complexity index is 532. The van der Waals surface area contributed by atoms with Gasteiger partial charge in [0.2, 0.25) is 0 Å². The first-order chi connectivity index (χ1) is 9.52. The predicted octanol–water partition coefficient (Wildman–Crippen LogP) is 2.29. The molecule has 1 N–H and O–H groups in total. The standard InChI is InChI=1S/C14H16ClNO4/c1-20-12-7-9(4-5-11(12)15)13(17)16-6-2-3-10(8-16)14(18)19/h4-5,7,10H,2-3,6,8H2,1H3,(H,18,19). The number of amides is 1. The van der Waals surface area contributed by atoms with Crippen LogP contribution in [0, 0.1) is 5.92 Å². The van der Waals surface area contributed by atoms with Crippen LogP contribution >= 0.6 is 11.6 Å². The second kappa shape index (κ2) is 6.13. The van der Waals surface area contributed by atoms with Crippen molar-refractivity contribution >= 4 is 23.5 Å². The van der Waals surface area contributed by atoms with E-state index in [1.807, 2.05) is 0 Å². The SMILES string of the molecule is COc1cc(C(=O)N2CCCC(C(=O)O)C2)ccc1Cl. The number of aliphatic carboxylic acids is 1. The summed E-state index contributed by atoms with van der Waals surface area (Å²) in [5, 5.41) is 9.49. The fourth-order valence-electron chi connectivity index (χ4n) is 2.34. The van der Waals surface area contributed by atoms with Gasteiger partial charge in [-0.05, 0) is 31.0 Å². The van der Waals surface area contributed by atoms with Crippen LogP contribution in [0.2, 0.25) is 5.02 Å². The van der Waals surface area contributed by atoms with E-state index in [0.29, 0.717) is 35.7 Å². The summed E-state index contributed by atoms with van der Waals surface area (Å²) in [4.78, 5) is 25.0. The number of carbonyl (C=O) groups excluding carboxylic acids is 1. The van der Waals surface area contributed by atoms with Gasteiger partial charge in [0.05, 0.1) is 18.1 Å². The monoisotopic (exact) mass is 297 g/mol. The summed E-state index contributed by atoms with van der Waals surface area (Å²) < 4.78 is 5.09. The molecule has 1 aliphatic heterocycles. The van der Waals surface area contributed by atoms with Crippen molar-refractivity contribution in [3.05, 3.63) is 28.8 Å². The highest BCUT2D eigenvalue weighted by molar-refractivity contribution is 6.32. The normalized spacial score (nSPS) is 18.7. The van der Waals surface area contributed by atoms with E-state index >= 15 is 0 Å². The maximum Gasteiger partial charge on any atom is 0.308 e. The molecule has 1 aliphatic rings. The quantitative estimate of drug-likeness (QED) is 0.929. The zero-order valence-corrected chi connectivity index (χ0v) is 11.9. The molecule has 1 unspecified atom stereocenters. The Balaban J connectivity index is 2.16. The number of rotatable bonds is 3. The van der Waals surface area contributed by atoms with E-state index in [2.05, 4.69) is 0 Å². The topological polar surface area (TPSA) is 66.8 Å². The molecule has 1 heterocycles. The lowest BCUT2D eigenvalue weighted by Gasteiger charge is -2.30. The number of hydrogen-bond acceptors (Lipinski definition) is 3. The minimum atomic E-state index is -0.851. The number of halogens is 1. The number of carbonyl (C=O) groups is 2. The molecule has 108 valence electrons. The number of ether oxygens (including phenoxy) is 1. The second-order valence-corrected chi connectivity index (χ2v) is 5.19. The van der Waals surface area contributed by atoms with Crippen LogP contribution in [-0.4, -0.2) is 42.1 Å². The lowest BCUT2D eigenvalue weighted by Crippen LogP contribution is -2.42. The summed E-state index contributed by atoms with van der Waals surface area (Å²) in [6, 6.07) is 4.80. The van der Waals surface area contributed by atoms with Crippen molar-refractivity contribution in [1.82, 2.24) is 4.90 Å². The molecule has 6 heteroatoms. The molecule has 0 saturated carbocycles. The number of benzene rings is 1. The average molecular weight is 298 g/mol. The molecule has 1 atom stereocenters. The Hall–Kier alpha value is -1.75. The number of hydrogen-bond donors (Lipinski definition) is 1. The van der Waals surface area contributed by atoms with E-state index in [4.69, 9.17) is 21.4 Å². The van der Waals surface area contributed by atoms with Crippen molar-refractivity contribution in [2.75, 3.05) is 20.2 Å². The van der Waals surface area contributed by atoms with Crippen LogP contribution < -0.4 is 4.74 Å². The molecule has 0 radical (unpaired) electrons. The molecule has 5 nitrogen and oxygen atoms in total. The van der Waals surface area contributed by atoms with Crippen LogP contribution in [0.1, 0.15) is 23.2 Å². The van der Waals surface area contributed by atoms with E-state index in [0.717, 1.165) is 0 Å². The Kier molecular flexibility index (Phi) is 4.49. The van der Waals surface area contributed by atoms with Crippen LogP contribution in [-0.2, 0) is 4.79 Å². The molecule has 0 aromatic heterocycles. The third-order valence-corrected chi connectivity index (χ3v) is 3.77. The van der Waals surface area contributed by atoms with E-state index in [1.165, 1.54) is 7.11 Å². The number of nitrogens with zero attached hydrogens (tertiary/aromatic N) is 1. The first kappa shape index (κ1) is 14.7. The second-order valence-electron chi connectivity index (χ2n) is 4.78. The summed E-state index contributed by atoms with van der Waals surface area (Å²) in [5.41, 5.74) is 0.456. The number of carboxylic acids is 1. The summed E-state index contributed by atoms with van der Waals surface area (Å²) >= 11 is 5.92. The fourth-order valence-corrected chi connectivity index (χ4v) is 2.53. The highest BCUT2D eigenvalue weighted by Gasteiger charge is 2.28. The van der Waals surface area contributed by atoms with E-state index in [9.17, 15) is 9.59 Å². The van der Waals surface area contributed by atoms with Gasteiger partial charge in [0.25, 0.3) is 5.91 Å². The molecule has 0 bridgehead atoms. The maximum atomic E-state index is 12.4. The van der Waals surface area contributed by atoms with Crippen LogP contribution in [0.15, 0.2) is 18.2 Å². The summed E-state index contributed by atoms with van der Waals surface area (Å²) in [5.74, 6) is -1.09. The number of likely N-dealkylation sites (tertiary alicyclic amines) is 1. The van der Waals surface area contributed by atoms with Crippen LogP contribution in [0.5, 0.6) is 5.75 Å². The molecular formula is C14H16ClNO4. The maximum absolute atomic E-state index is 12.4. The molecule has 1 aromatic rings. The summed E-state index contributed by atoms with van der Waals surface area (Å²) in [6.07, 6.45) is 1.32. The lowest BCUT2D eigenvalue weighted by atomic mass is 9.97. The third-order valence-electron chi connectivity index (χ3n) is 3.46. The number of methoxy groups -OCH3 is 1. The van der Waals surface area contributed by atoms with Crippen molar-refractivity contribution in [2.24, 2.45) is 5.92 Å². The Labute approximate surface area is 122 Å². The Morgan fingerprint density at radius 1 is 1.45 bits per heavy atom. The van der Waals surface area contributed by atoms with Gasteiger partial charge in [0.1, 0.15) is 5.75 Å². The van der Waals surface area contributed by atoms with Gasteiger partial charge in [0.15, 0.2) is 0 Å². The Morgan fingerprint density at radius 2 is 2.20 bits per heavy atom.